The molecule has 1 heterocycles. The molecule has 1 N–H and O–H groups in total. The van der Waals surface area contributed by atoms with Crippen molar-refractivity contribution in [3.8, 4) is 0 Å². The van der Waals surface area contributed by atoms with Crippen molar-refractivity contribution < 1.29 is 4.74 Å². The summed E-state index contributed by atoms with van der Waals surface area (Å²) in [6.07, 6.45) is 9.51. The smallest absolute Gasteiger partial charge is 0.0581 e. The van der Waals surface area contributed by atoms with Gasteiger partial charge in [-0.2, -0.15) is 0 Å². The Morgan fingerprint density at radius 3 is 2.42 bits per heavy atom. The van der Waals surface area contributed by atoms with Gasteiger partial charge in [-0.05, 0) is 58.3 Å². The Labute approximate surface area is 120 Å². The third kappa shape index (κ3) is 6.27. The summed E-state index contributed by atoms with van der Waals surface area (Å²) in [5.41, 5.74) is 0.640. The van der Waals surface area contributed by atoms with Crippen LogP contribution in [0.3, 0.4) is 0 Å². The van der Waals surface area contributed by atoms with Crippen LogP contribution >= 0.6 is 0 Å². The Bertz CT molecular complexity index is 240. The molecule has 2 atom stereocenters. The first-order valence-electron chi connectivity index (χ1n) is 8.27. The molecule has 19 heavy (non-hydrogen) atoms. The third-order valence-corrected chi connectivity index (χ3v) is 4.49. The van der Waals surface area contributed by atoms with Crippen molar-refractivity contribution in [1.29, 1.82) is 0 Å². The van der Waals surface area contributed by atoms with Crippen molar-refractivity contribution in [1.82, 2.24) is 5.32 Å². The van der Waals surface area contributed by atoms with Gasteiger partial charge < -0.3 is 10.1 Å². The minimum absolute atomic E-state index is 0.211. The zero-order chi connectivity index (χ0) is 14.4. The largest absolute Gasteiger partial charge is 0.378 e. The Morgan fingerprint density at radius 1 is 1.21 bits per heavy atom. The molecule has 1 saturated heterocycles. The van der Waals surface area contributed by atoms with E-state index in [1.54, 1.807) is 0 Å². The molecular weight excluding hydrogens is 234 g/mol. The summed E-state index contributed by atoms with van der Waals surface area (Å²) < 4.78 is 5.89. The molecule has 0 bridgehead atoms. The minimum Gasteiger partial charge on any atom is -0.378 e. The van der Waals surface area contributed by atoms with Gasteiger partial charge in [0.2, 0.25) is 0 Å². The van der Waals surface area contributed by atoms with Gasteiger partial charge >= 0.3 is 0 Å². The van der Waals surface area contributed by atoms with Gasteiger partial charge in [0, 0.05) is 18.7 Å². The normalized spacial score (nSPS) is 23.5. The summed E-state index contributed by atoms with van der Waals surface area (Å²) in [5, 5.41) is 3.74. The molecule has 2 heteroatoms. The van der Waals surface area contributed by atoms with Crippen LogP contribution in [0.25, 0.3) is 0 Å². The van der Waals surface area contributed by atoms with Crippen molar-refractivity contribution in [2.45, 2.75) is 91.2 Å². The summed E-state index contributed by atoms with van der Waals surface area (Å²) in [6.45, 7) is 13.5. The summed E-state index contributed by atoms with van der Waals surface area (Å²) in [4.78, 5) is 0. The fourth-order valence-electron chi connectivity index (χ4n) is 3.00. The summed E-state index contributed by atoms with van der Waals surface area (Å²) in [5.74, 6) is 0. The highest BCUT2D eigenvalue weighted by molar-refractivity contribution is 4.87. The van der Waals surface area contributed by atoms with Crippen LogP contribution in [0.4, 0.5) is 0 Å². The molecule has 1 fully saturated rings. The maximum atomic E-state index is 5.89. The van der Waals surface area contributed by atoms with E-state index in [0.29, 0.717) is 11.5 Å². The summed E-state index contributed by atoms with van der Waals surface area (Å²) in [7, 11) is 0. The van der Waals surface area contributed by atoms with Crippen molar-refractivity contribution in [2.24, 2.45) is 5.41 Å². The number of hydrogen-bond donors (Lipinski definition) is 1. The number of ether oxygens (including phenoxy) is 1. The second-order valence-corrected chi connectivity index (χ2v) is 7.40. The maximum absolute atomic E-state index is 5.89. The first-order chi connectivity index (χ1) is 8.91. The molecule has 0 radical (unpaired) electrons. The monoisotopic (exact) mass is 269 g/mol. The molecule has 2 unspecified atom stereocenters. The molecule has 114 valence electrons. The van der Waals surface area contributed by atoms with Crippen LogP contribution in [0.15, 0.2) is 0 Å². The van der Waals surface area contributed by atoms with E-state index in [1.807, 2.05) is 0 Å². The molecule has 0 aromatic rings. The van der Waals surface area contributed by atoms with Gasteiger partial charge in [-0.25, -0.2) is 0 Å². The lowest BCUT2D eigenvalue weighted by molar-refractivity contribution is 0.0504. The fourth-order valence-corrected chi connectivity index (χ4v) is 3.00. The van der Waals surface area contributed by atoms with Gasteiger partial charge in [0.15, 0.2) is 0 Å². The average molecular weight is 269 g/mol. The number of rotatable bonds is 8. The molecule has 1 aliphatic rings. The van der Waals surface area contributed by atoms with E-state index in [1.165, 1.54) is 44.9 Å². The lowest BCUT2D eigenvalue weighted by Gasteiger charge is -2.38. The Morgan fingerprint density at radius 2 is 1.95 bits per heavy atom. The number of nitrogens with one attached hydrogen (secondary N) is 1. The van der Waals surface area contributed by atoms with E-state index in [-0.39, 0.29) is 5.54 Å². The molecule has 0 aromatic carbocycles. The lowest BCUT2D eigenvalue weighted by Crippen LogP contribution is -2.45. The van der Waals surface area contributed by atoms with E-state index in [4.69, 9.17) is 4.74 Å². The van der Waals surface area contributed by atoms with Crippen molar-refractivity contribution in [3.05, 3.63) is 0 Å². The molecule has 0 amide bonds. The lowest BCUT2D eigenvalue weighted by atomic mass is 9.74. The quantitative estimate of drug-likeness (QED) is 0.699. The number of unbranched alkanes of at least 4 members (excludes halogenated alkanes) is 1. The van der Waals surface area contributed by atoms with Crippen LogP contribution < -0.4 is 5.32 Å². The van der Waals surface area contributed by atoms with Gasteiger partial charge in [0.05, 0.1) is 6.10 Å². The highest BCUT2D eigenvalue weighted by Gasteiger charge is 2.33. The molecular formula is C17H35NO. The Kier molecular flexibility index (Phi) is 6.82. The van der Waals surface area contributed by atoms with Crippen LogP contribution in [0.1, 0.15) is 79.6 Å². The highest BCUT2D eigenvalue weighted by Crippen LogP contribution is 2.37. The van der Waals surface area contributed by atoms with E-state index in [0.717, 1.165) is 13.2 Å². The predicted molar refractivity (Wildman–Crippen MR) is 83.6 cm³/mol. The van der Waals surface area contributed by atoms with Gasteiger partial charge in [0.1, 0.15) is 0 Å². The molecule has 2 nitrogen and oxygen atoms in total. The summed E-state index contributed by atoms with van der Waals surface area (Å²) >= 11 is 0. The molecule has 0 saturated carbocycles. The van der Waals surface area contributed by atoms with Crippen molar-refractivity contribution in [3.63, 3.8) is 0 Å². The van der Waals surface area contributed by atoms with Crippen molar-refractivity contribution >= 4 is 0 Å². The zero-order valence-electron chi connectivity index (χ0n) is 13.8. The molecule has 0 aliphatic carbocycles. The fraction of sp³-hybridized carbons (Fsp3) is 1.00. The summed E-state index contributed by atoms with van der Waals surface area (Å²) in [6, 6.07) is 0. The van der Waals surface area contributed by atoms with Gasteiger partial charge in [-0.3, -0.25) is 0 Å². The topological polar surface area (TPSA) is 21.3 Å². The second kappa shape index (κ2) is 7.64. The van der Waals surface area contributed by atoms with Crippen molar-refractivity contribution in [2.75, 3.05) is 13.2 Å². The second-order valence-electron chi connectivity index (χ2n) is 7.40. The van der Waals surface area contributed by atoms with Gasteiger partial charge in [0.25, 0.3) is 0 Å². The van der Waals surface area contributed by atoms with E-state index in [9.17, 15) is 0 Å². The van der Waals surface area contributed by atoms with E-state index in [2.05, 4.69) is 39.9 Å². The van der Waals surface area contributed by atoms with E-state index >= 15 is 0 Å². The highest BCUT2D eigenvalue weighted by atomic mass is 16.5. The Balaban J connectivity index is 2.62. The predicted octanol–water partition coefficient (Wildman–Crippen LogP) is 4.53. The maximum Gasteiger partial charge on any atom is 0.0581 e. The standard InChI is InChI=1S/C17H35NO/c1-6-8-11-17(7-2,14-18-16(3,4)5)13-15-10-9-12-19-15/h15,18H,6-14H2,1-5H3. The molecule has 0 aromatic heterocycles. The SMILES string of the molecule is CCCCC(CC)(CNC(C)(C)C)CC1CCCO1. The molecule has 0 spiro atoms. The van der Waals surface area contributed by atoms with Crippen LogP contribution in [-0.4, -0.2) is 24.8 Å². The third-order valence-electron chi connectivity index (χ3n) is 4.49. The first-order valence-corrected chi connectivity index (χ1v) is 8.27. The Hall–Kier alpha value is -0.0800. The van der Waals surface area contributed by atoms with Crippen LogP contribution in [-0.2, 0) is 4.74 Å². The zero-order valence-corrected chi connectivity index (χ0v) is 13.8. The molecule has 1 rings (SSSR count). The average Bonchev–Trinajstić information content (AvgIpc) is 2.84. The van der Waals surface area contributed by atoms with Crippen LogP contribution in [0, 0.1) is 5.41 Å². The molecule has 1 aliphatic heterocycles. The minimum atomic E-state index is 0.211. The number of hydrogen-bond acceptors (Lipinski definition) is 2. The first kappa shape index (κ1) is 17.0. The van der Waals surface area contributed by atoms with Gasteiger partial charge in [-0.15, -0.1) is 0 Å². The van der Waals surface area contributed by atoms with Crippen LogP contribution in [0.2, 0.25) is 0 Å². The van der Waals surface area contributed by atoms with Crippen LogP contribution in [0.5, 0.6) is 0 Å². The van der Waals surface area contributed by atoms with E-state index < -0.39 is 0 Å². The van der Waals surface area contributed by atoms with Gasteiger partial charge in [-0.1, -0.05) is 26.7 Å².